The first-order valence-electron chi connectivity index (χ1n) is 10.2. The van der Waals surface area contributed by atoms with Gasteiger partial charge in [0.05, 0.1) is 0 Å². The van der Waals surface area contributed by atoms with Gasteiger partial charge in [-0.1, -0.05) is 6.07 Å². The molecule has 0 spiro atoms. The molecule has 0 amide bonds. The minimum Gasteiger partial charge on any atom is -0.504 e. The van der Waals surface area contributed by atoms with Crippen LogP contribution in [0.1, 0.15) is 16.7 Å². The summed E-state index contributed by atoms with van der Waals surface area (Å²) in [5.41, 5.74) is 0.942. The molecule has 0 atom stereocenters. The van der Waals surface area contributed by atoms with E-state index < -0.39 is 34.5 Å². The summed E-state index contributed by atoms with van der Waals surface area (Å²) in [4.78, 5) is 0. The average Bonchev–Trinajstić information content (AvgIpc) is 2.77. The van der Waals surface area contributed by atoms with Crippen LogP contribution in [-0.4, -0.2) is 65.8 Å². The Kier molecular flexibility index (Phi) is 7.17. The fourth-order valence-corrected chi connectivity index (χ4v) is 3.91. The fourth-order valence-electron chi connectivity index (χ4n) is 3.91. The predicted molar refractivity (Wildman–Crippen MR) is 120 cm³/mol. The van der Waals surface area contributed by atoms with Crippen molar-refractivity contribution in [1.82, 2.24) is 0 Å². The van der Waals surface area contributed by atoms with Crippen molar-refractivity contribution in [1.29, 1.82) is 0 Å². The van der Waals surface area contributed by atoms with Gasteiger partial charge in [0.1, 0.15) is 0 Å². The van der Waals surface area contributed by atoms with Crippen LogP contribution < -0.4 is 0 Å². The molecule has 176 valence electrons. The van der Waals surface area contributed by atoms with Crippen molar-refractivity contribution in [3.8, 4) is 56.8 Å². The Morgan fingerprint density at radius 2 is 1.06 bits per heavy atom. The van der Waals surface area contributed by atoms with Gasteiger partial charge < -0.3 is 46.0 Å². The molecule has 3 aromatic rings. The molecule has 9 nitrogen and oxygen atoms in total. The Bertz CT molecular complexity index is 1170. The van der Waals surface area contributed by atoms with Crippen LogP contribution in [0.15, 0.2) is 30.3 Å². The van der Waals surface area contributed by atoms with Crippen LogP contribution in [0.3, 0.4) is 0 Å². The first-order valence-corrected chi connectivity index (χ1v) is 10.2. The van der Waals surface area contributed by atoms with E-state index in [1.807, 2.05) is 0 Å². The third-order valence-electron chi connectivity index (χ3n) is 5.45. The van der Waals surface area contributed by atoms with Crippen molar-refractivity contribution in [3.63, 3.8) is 0 Å². The lowest BCUT2D eigenvalue weighted by Gasteiger charge is -2.20. The summed E-state index contributed by atoms with van der Waals surface area (Å²) in [6.45, 7) is -0.876. The number of phenols is 6. The molecule has 0 aromatic heterocycles. The molecule has 0 aliphatic heterocycles. The van der Waals surface area contributed by atoms with E-state index in [0.717, 1.165) is 0 Å². The number of rotatable bonds is 8. The Labute approximate surface area is 189 Å². The zero-order valence-corrected chi connectivity index (χ0v) is 17.7. The summed E-state index contributed by atoms with van der Waals surface area (Å²) < 4.78 is 0. The molecule has 33 heavy (non-hydrogen) atoms. The summed E-state index contributed by atoms with van der Waals surface area (Å²) >= 11 is 0. The number of aliphatic hydroxyl groups excluding tert-OH is 3. The molecule has 3 rings (SSSR count). The van der Waals surface area contributed by atoms with Crippen molar-refractivity contribution in [2.45, 2.75) is 19.3 Å². The van der Waals surface area contributed by atoms with Gasteiger partial charge in [-0.3, -0.25) is 0 Å². The van der Waals surface area contributed by atoms with Crippen LogP contribution in [0, 0.1) is 0 Å². The van der Waals surface area contributed by atoms with Gasteiger partial charge >= 0.3 is 0 Å². The van der Waals surface area contributed by atoms with Crippen LogP contribution >= 0.6 is 0 Å². The molecular weight excluding hydrogens is 432 g/mol. The van der Waals surface area contributed by atoms with Gasteiger partial charge in [0, 0.05) is 42.1 Å². The maximum absolute atomic E-state index is 11.0. The number of hydrogen-bond acceptors (Lipinski definition) is 9. The number of benzene rings is 3. The van der Waals surface area contributed by atoms with E-state index in [4.69, 9.17) is 0 Å². The molecule has 9 N–H and O–H groups in total. The highest BCUT2D eigenvalue weighted by Gasteiger charge is 2.26. The van der Waals surface area contributed by atoms with Crippen LogP contribution in [0.25, 0.3) is 22.3 Å². The monoisotopic (exact) mass is 458 g/mol. The summed E-state index contributed by atoms with van der Waals surface area (Å²) in [7, 11) is 0. The number of phenolic OH excluding ortho intramolecular Hbond substituents is 6. The fraction of sp³-hybridized carbons (Fsp3) is 0.250. The zero-order chi connectivity index (χ0) is 24.3. The van der Waals surface area contributed by atoms with E-state index in [1.165, 1.54) is 30.3 Å². The topological polar surface area (TPSA) is 182 Å². The third kappa shape index (κ3) is 4.47. The van der Waals surface area contributed by atoms with E-state index >= 15 is 0 Å². The van der Waals surface area contributed by atoms with E-state index in [-0.39, 0.29) is 66.9 Å². The molecule has 0 aliphatic carbocycles. The molecule has 0 fully saturated rings. The Balaban J connectivity index is 2.36. The third-order valence-corrected chi connectivity index (χ3v) is 5.45. The van der Waals surface area contributed by atoms with Gasteiger partial charge in [0.2, 0.25) is 0 Å². The lowest BCUT2D eigenvalue weighted by atomic mass is 9.88. The molecule has 0 bridgehead atoms. The molecule has 0 saturated heterocycles. The molecule has 0 radical (unpaired) electrons. The second kappa shape index (κ2) is 9.86. The maximum Gasteiger partial charge on any atom is 0.166 e. The van der Waals surface area contributed by atoms with Crippen molar-refractivity contribution in [2.24, 2.45) is 0 Å². The molecule has 0 heterocycles. The number of aromatic hydroxyl groups is 6. The van der Waals surface area contributed by atoms with Crippen molar-refractivity contribution < 1.29 is 46.0 Å². The predicted octanol–water partition coefficient (Wildman–Crippen LogP) is 1.86. The number of hydrogen-bond donors (Lipinski definition) is 9. The Morgan fingerprint density at radius 1 is 0.485 bits per heavy atom. The highest BCUT2D eigenvalue weighted by Crippen LogP contribution is 2.52. The van der Waals surface area contributed by atoms with Crippen molar-refractivity contribution in [2.75, 3.05) is 19.8 Å². The number of aliphatic hydroxyl groups is 3. The smallest absolute Gasteiger partial charge is 0.166 e. The normalized spacial score (nSPS) is 11.1. The standard InChI is InChI=1S/C24H26O9/c25-6-3-12-9-15(21(30)18(29)10-12)20-14(5-8-27)11-16(22(31)24(20)33)19-13(4-7-26)1-2-17(28)23(19)32/h1-2,9-11,25-33H,3-8H2. The molecule has 0 saturated carbocycles. The lowest BCUT2D eigenvalue weighted by molar-refractivity contribution is 0.299. The second-order valence-electron chi connectivity index (χ2n) is 7.55. The Morgan fingerprint density at radius 3 is 1.70 bits per heavy atom. The van der Waals surface area contributed by atoms with Gasteiger partial charge in [-0.25, -0.2) is 0 Å². The van der Waals surface area contributed by atoms with Crippen LogP contribution in [0.4, 0.5) is 0 Å². The first-order chi connectivity index (χ1) is 15.7. The maximum atomic E-state index is 11.0. The largest absolute Gasteiger partial charge is 0.504 e. The second-order valence-corrected chi connectivity index (χ2v) is 7.55. The van der Waals surface area contributed by atoms with Crippen molar-refractivity contribution >= 4 is 0 Å². The average molecular weight is 458 g/mol. The van der Waals surface area contributed by atoms with Gasteiger partial charge in [-0.2, -0.15) is 0 Å². The first kappa shape index (κ1) is 24.0. The minimum absolute atomic E-state index is 0.0105. The van der Waals surface area contributed by atoms with Crippen LogP contribution in [0.5, 0.6) is 34.5 Å². The summed E-state index contributed by atoms with van der Waals surface area (Å²) in [6.07, 6.45) is 0.205. The highest BCUT2D eigenvalue weighted by molar-refractivity contribution is 5.90. The summed E-state index contributed by atoms with van der Waals surface area (Å²) in [5.74, 6) is -3.48. The molecule has 0 unspecified atom stereocenters. The lowest BCUT2D eigenvalue weighted by Crippen LogP contribution is -2.00. The van der Waals surface area contributed by atoms with Crippen molar-refractivity contribution in [3.05, 3.63) is 47.0 Å². The molecule has 0 aliphatic rings. The van der Waals surface area contributed by atoms with Gasteiger partial charge in [0.25, 0.3) is 0 Å². The zero-order valence-electron chi connectivity index (χ0n) is 17.7. The van der Waals surface area contributed by atoms with Gasteiger partial charge in [-0.05, 0) is 60.2 Å². The summed E-state index contributed by atoms with van der Waals surface area (Å²) in [6, 6.07) is 6.77. The van der Waals surface area contributed by atoms with Crippen LogP contribution in [0.2, 0.25) is 0 Å². The van der Waals surface area contributed by atoms with Crippen LogP contribution in [-0.2, 0) is 19.3 Å². The molecular formula is C24H26O9. The van der Waals surface area contributed by atoms with E-state index in [1.54, 1.807) is 0 Å². The SMILES string of the molecule is OCCc1cc(O)c(O)c(-c2c(CCO)cc(-c3c(CCO)ccc(O)c3O)c(O)c2O)c1. The van der Waals surface area contributed by atoms with E-state index in [2.05, 4.69) is 0 Å². The van der Waals surface area contributed by atoms with Gasteiger partial charge in [-0.15, -0.1) is 0 Å². The molecule has 3 aromatic carbocycles. The molecule has 9 heteroatoms. The Hall–Kier alpha value is -3.66. The van der Waals surface area contributed by atoms with E-state index in [9.17, 15) is 46.0 Å². The van der Waals surface area contributed by atoms with Gasteiger partial charge in [0.15, 0.2) is 34.5 Å². The summed E-state index contributed by atoms with van der Waals surface area (Å²) in [5, 5.41) is 91.1. The van der Waals surface area contributed by atoms with E-state index in [0.29, 0.717) is 11.1 Å². The quantitative estimate of drug-likeness (QED) is 0.227. The highest BCUT2D eigenvalue weighted by atomic mass is 16.3. The minimum atomic E-state index is -0.690.